The van der Waals surface area contributed by atoms with Crippen molar-refractivity contribution >= 4 is 5.78 Å². The highest BCUT2D eigenvalue weighted by atomic mass is 16.5. The van der Waals surface area contributed by atoms with Crippen molar-refractivity contribution in [1.29, 1.82) is 0 Å². The van der Waals surface area contributed by atoms with Crippen molar-refractivity contribution < 1.29 is 9.53 Å². The Labute approximate surface area is 84.9 Å². The predicted octanol–water partition coefficient (Wildman–Crippen LogP) is 2.68. The fourth-order valence-electron chi connectivity index (χ4n) is 1.36. The number of rotatable bonds is 4. The summed E-state index contributed by atoms with van der Waals surface area (Å²) in [5.41, 5.74) is -0.0261. The van der Waals surface area contributed by atoms with Crippen LogP contribution in [0.1, 0.15) is 31.1 Å². The first-order chi connectivity index (χ1) is 6.58. The highest BCUT2D eigenvalue weighted by Crippen LogP contribution is 2.16. The lowest BCUT2D eigenvalue weighted by atomic mass is 9.96. The standard InChI is InChI=1S/C12H16O2/c1-4-14-12(2,3)11(13)10-8-6-5-7-9-10/h5-9H,4H2,1-3H3. The summed E-state index contributed by atoms with van der Waals surface area (Å²) in [6.45, 7) is 6.03. The van der Waals surface area contributed by atoms with Crippen molar-refractivity contribution in [1.82, 2.24) is 0 Å². The van der Waals surface area contributed by atoms with Gasteiger partial charge in [-0.2, -0.15) is 0 Å². The molecule has 0 bridgehead atoms. The van der Waals surface area contributed by atoms with Crippen LogP contribution in [0, 0.1) is 0 Å². The van der Waals surface area contributed by atoms with Gasteiger partial charge in [-0.1, -0.05) is 30.3 Å². The molecule has 0 spiro atoms. The topological polar surface area (TPSA) is 26.3 Å². The zero-order valence-electron chi connectivity index (χ0n) is 8.91. The minimum absolute atomic E-state index is 0.0277. The number of ether oxygens (including phenoxy) is 1. The van der Waals surface area contributed by atoms with Crippen LogP contribution in [-0.2, 0) is 4.74 Å². The van der Waals surface area contributed by atoms with Gasteiger partial charge in [-0.25, -0.2) is 0 Å². The maximum atomic E-state index is 11.9. The molecule has 2 heteroatoms. The van der Waals surface area contributed by atoms with Crippen molar-refractivity contribution in [2.75, 3.05) is 6.61 Å². The Hall–Kier alpha value is -1.15. The quantitative estimate of drug-likeness (QED) is 0.685. The monoisotopic (exact) mass is 192 g/mol. The van der Waals surface area contributed by atoms with Gasteiger partial charge in [0.1, 0.15) is 5.60 Å². The molecule has 0 aliphatic carbocycles. The van der Waals surface area contributed by atoms with E-state index < -0.39 is 5.60 Å². The average Bonchev–Trinajstić information content (AvgIpc) is 2.18. The highest BCUT2D eigenvalue weighted by Gasteiger charge is 2.28. The van der Waals surface area contributed by atoms with Gasteiger partial charge >= 0.3 is 0 Å². The Kier molecular flexibility index (Phi) is 3.42. The van der Waals surface area contributed by atoms with E-state index in [0.29, 0.717) is 12.2 Å². The van der Waals surface area contributed by atoms with E-state index in [-0.39, 0.29) is 5.78 Å². The molecule has 0 radical (unpaired) electrons. The molecule has 0 unspecified atom stereocenters. The van der Waals surface area contributed by atoms with Crippen LogP contribution in [0.4, 0.5) is 0 Å². The molecule has 0 aliphatic rings. The second kappa shape index (κ2) is 4.38. The second-order valence-electron chi connectivity index (χ2n) is 3.64. The summed E-state index contributed by atoms with van der Waals surface area (Å²) in [5.74, 6) is 0.0277. The molecule has 0 saturated heterocycles. The van der Waals surface area contributed by atoms with Gasteiger partial charge in [-0.15, -0.1) is 0 Å². The second-order valence-corrected chi connectivity index (χ2v) is 3.64. The molecule has 2 nitrogen and oxygen atoms in total. The number of hydrogen-bond donors (Lipinski definition) is 0. The number of Topliss-reactive ketones (excluding diaryl/α,β-unsaturated/α-hetero) is 1. The van der Waals surface area contributed by atoms with E-state index in [4.69, 9.17) is 4.74 Å². The van der Waals surface area contributed by atoms with Crippen LogP contribution in [0.3, 0.4) is 0 Å². The predicted molar refractivity (Wildman–Crippen MR) is 56.5 cm³/mol. The molecule has 0 aromatic heterocycles. The minimum Gasteiger partial charge on any atom is -0.368 e. The Balaban J connectivity index is 2.85. The Bertz CT molecular complexity index is 301. The fraction of sp³-hybridized carbons (Fsp3) is 0.417. The van der Waals surface area contributed by atoms with Gasteiger partial charge < -0.3 is 4.74 Å². The first-order valence-electron chi connectivity index (χ1n) is 4.81. The van der Waals surface area contributed by atoms with Gasteiger partial charge in [0.2, 0.25) is 0 Å². The molecule has 0 atom stereocenters. The zero-order chi connectivity index (χ0) is 10.6. The zero-order valence-corrected chi connectivity index (χ0v) is 8.91. The van der Waals surface area contributed by atoms with Crippen molar-refractivity contribution in [2.45, 2.75) is 26.4 Å². The van der Waals surface area contributed by atoms with E-state index in [9.17, 15) is 4.79 Å². The Morgan fingerprint density at radius 3 is 2.36 bits per heavy atom. The lowest BCUT2D eigenvalue weighted by Crippen LogP contribution is -2.35. The maximum Gasteiger partial charge on any atom is 0.194 e. The van der Waals surface area contributed by atoms with E-state index in [1.807, 2.05) is 37.3 Å². The lowest BCUT2D eigenvalue weighted by Gasteiger charge is -2.22. The van der Waals surface area contributed by atoms with Crippen LogP contribution in [-0.4, -0.2) is 18.0 Å². The smallest absolute Gasteiger partial charge is 0.194 e. The van der Waals surface area contributed by atoms with Gasteiger partial charge in [0.25, 0.3) is 0 Å². The highest BCUT2D eigenvalue weighted by molar-refractivity contribution is 6.01. The van der Waals surface area contributed by atoms with E-state index in [2.05, 4.69) is 0 Å². The van der Waals surface area contributed by atoms with Crippen LogP contribution in [0.25, 0.3) is 0 Å². The van der Waals surface area contributed by atoms with Crippen LogP contribution in [0.5, 0.6) is 0 Å². The molecule has 76 valence electrons. The summed E-state index contributed by atoms with van der Waals surface area (Å²) < 4.78 is 5.40. The number of hydrogen-bond acceptors (Lipinski definition) is 2. The van der Waals surface area contributed by atoms with Gasteiger partial charge in [0.15, 0.2) is 5.78 Å². The van der Waals surface area contributed by atoms with Crippen LogP contribution >= 0.6 is 0 Å². The Morgan fingerprint density at radius 2 is 1.86 bits per heavy atom. The third kappa shape index (κ3) is 2.42. The van der Waals surface area contributed by atoms with Gasteiger partial charge in [0.05, 0.1) is 0 Å². The van der Waals surface area contributed by atoms with Gasteiger partial charge in [0, 0.05) is 12.2 Å². The third-order valence-electron chi connectivity index (χ3n) is 2.09. The minimum atomic E-state index is -0.726. The van der Waals surface area contributed by atoms with Crippen LogP contribution < -0.4 is 0 Å². The molecule has 14 heavy (non-hydrogen) atoms. The van der Waals surface area contributed by atoms with Crippen molar-refractivity contribution in [3.8, 4) is 0 Å². The normalized spacial score (nSPS) is 11.4. The summed E-state index contributed by atoms with van der Waals surface area (Å²) in [6.07, 6.45) is 0. The third-order valence-corrected chi connectivity index (χ3v) is 2.09. The summed E-state index contributed by atoms with van der Waals surface area (Å²) in [4.78, 5) is 11.9. The molecule has 0 saturated carbocycles. The first-order valence-corrected chi connectivity index (χ1v) is 4.81. The average molecular weight is 192 g/mol. The molecule has 1 aromatic carbocycles. The largest absolute Gasteiger partial charge is 0.368 e. The number of carbonyl (C=O) groups excluding carboxylic acids is 1. The summed E-state index contributed by atoms with van der Waals surface area (Å²) >= 11 is 0. The van der Waals surface area contributed by atoms with Crippen LogP contribution in [0.15, 0.2) is 30.3 Å². The van der Waals surface area contributed by atoms with E-state index >= 15 is 0 Å². The van der Waals surface area contributed by atoms with Gasteiger partial charge in [-0.3, -0.25) is 4.79 Å². The lowest BCUT2D eigenvalue weighted by molar-refractivity contribution is 0.00126. The van der Waals surface area contributed by atoms with E-state index in [0.717, 1.165) is 0 Å². The summed E-state index contributed by atoms with van der Waals surface area (Å²) in [7, 11) is 0. The molecule has 0 fully saturated rings. The van der Waals surface area contributed by atoms with Crippen molar-refractivity contribution in [2.24, 2.45) is 0 Å². The fourth-order valence-corrected chi connectivity index (χ4v) is 1.36. The maximum absolute atomic E-state index is 11.9. The SMILES string of the molecule is CCOC(C)(C)C(=O)c1ccccc1. The van der Waals surface area contributed by atoms with E-state index in [1.54, 1.807) is 13.8 Å². The summed E-state index contributed by atoms with van der Waals surface area (Å²) in [6, 6.07) is 9.22. The van der Waals surface area contributed by atoms with Crippen molar-refractivity contribution in [3.05, 3.63) is 35.9 Å². The number of benzene rings is 1. The molecule has 1 rings (SSSR count). The molecule has 0 N–H and O–H groups in total. The molecular formula is C12H16O2. The number of ketones is 1. The summed E-state index contributed by atoms with van der Waals surface area (Å²) in [5, 5.41) is 0. The molecule has 0 aliphatic heterocycles. The molecular weight excluding hydrogens is 176 g/mol. The van der Waals surface area contributed by atoms with Crippen LogP contribution in [0.2, 0.25) is 0 Å². The number of carbonyl (C=O) groups is 1. The van der Waals surface area contributed by atoms with E-state index in [1.165, 1.54) is 0 Å². The molecule has 0 amide bonds. The Morgan fingerprint density at radius 1 is 1.29 bits per heavy atom. The molecule has 0 heterocycles. The molecule has 1 aromatic rings. The van der Waals surface area contributed by atoms with Crippen molar-refractivity contribution in [3.63, 3.8) is 0 Å². The van der Waals surface area contributed by atoms with Gasteiger partial charge in [-0.05, 0) is 20.8 Å². The first kappa shape index (κ1) is 10.9.